The minimum absolute atomic E-state index is 0.0773. The van der Waals surface area contributed by atoms with E-state index in [1.165, 1.54) is 10.5 Å². The van der Waals surface area contributed by atoms with Crippen molar-refractivity contribution < 1.29 is 14.7 Å². The Bertz CT molecular complexity index is 1260. The second-order valence-corrected chi connectivity index (χ2v) is 8.73. The highest BCUT2D eigenvalue weighted by molar-refractivity contribution is 6.14. The molecule has 3 aromatic carbocycles. The van der Waals surface area contributed by atoms with Gasteiger partial charge in [-0.3, -0.25) is 9.69 Å². The minimum atomic E-state index is -0.983. The second-order valence-electron chi connectivity index (χ2n) is 8.73. The van der Waals surface area contributed by atoms with Crippen LogP contribution in [0.4, 0.5) is 16.2 Å². The van der Waals surface area contributed by atoms with Crippen LogP contribution in [-0.4, -0.2) is 29.7 Å². The number of carbonyl (C=O) groups is 2. The minimum Gasteiger partial charge on any atom is -0.465 e. The van der Waals surface area contributed by atoms with Crippen LogP contribution in [0.25, 0.3) is 11.1 Å². The molecule has 2 amide bonds. The second kappa shape index (κ2) is 7.52. The quantitative estimate of drug-likeness (QED) is 0.441. The van der Waals surface area contributed by atoms with E-state index in [2.05, 4.69) is 18.2 Å². The molecule has 5 heteroatoms. The van der Waals surface area contributed by atoms with Crippen molar-refractivity contribution in [3.63, 3.8) is 0 Å². The molecule has 5 nitrogen and oxygen atoms in total. The van der Waals surface area contributed by atoms with E-state index >= 15 is 0 Å². The fraction of sp³-hybridized carbons (Fsp3) is 0.259. The average Bonchev–Trinajstić information content (AvgIpc) is 3.17. The Kier molecular flexibility index (Phi) is 4.77. The van der Waals surface area contributed by atoms with Crippen LogP contribution in [0.3, 0.4) is 0 Å². The molecule has 0 spiro atoms. The predicted octanol–water partition coefficient (Wildman–Crippen LogP) is 5.80. The van der Waals surface area contributed by atoms with Gasteiger partial charge < -0.3 is 10.0 Å². The number of benzene rings is 3. The number of aryl methyl sites for hydroxylation is 2. The Morgan fingerprint density at radius 2 is 1.66 bits per heavy atom. The summed E-state index contributed by atoms with van der Waals surface area (Å²) >= 11 is 0. The van der Waals surface area contributed by atoms with Crippen LogP contribution < -0.4 is 9.80 Å². The number of amides is 2. The first kappa shape index (κ1) is 20.3. The zero-order valence-corrected chi connectivity index (χ0v) is 18.6. The molecule has 2 aliphatic rings. The van der Waals surface area contributed by atoms with Gasteiger partial charge in [-0.05, 0) is 78.3 Å². The van der Waals surface area contributed by atoms with E-state index in [1.54, 1.807) is 4.90 Å². The summed E-state index contributed by atoms with van der Waals surface area (Å²) in [6, 6.07) is 17.7. The Morgan fingerprint density at radius 1 is 0.969 bits per heavy atom. The molecule has 1 atom stereocenters. The highest BCUT2D eigenvalue weighted by Gasteiger charge is 2.38. The molecule has 1 unspecified atom stereocenters. The van der Waals surface area contributed by atoms with E-state index in [0.29, 0.717) is 29.9 Å². The number of hydrogen-bond donors (Lipinski definition) is 1. The van der Waals surface area contributed by atoms with Crippen molar-refractivity contribution in [1.82, 2.24) is 0 Å². The van der Waals surface area contributed by atoms with Crippen LogP contribution in [0.2, 0.25) is 0 Å². The molecular weight excluding hydrogens is 400 g/mol. The van der Waals surface area contributed by atoms with Crippen molar-refractivity contribution >= 4 is 23.4 Å². The lowest BCUT2D eigenvalue weighted by Crippen LogP contribution is -2.52. The highest BCUT2D eigenvalue weighted by atomic mass is 16.4. The molecule has 0 aromatic heterocycles. The van der Waals surface area contributed by atoms with Crippen LogP contribution in [-0.2, 0) is 6.42 Å². The zero-order chi connectivity index (χ0) is 22.6. The first-order valence-electron chi connectivity index (χ1n) is 11.1. The summed E-state index contributed by atoms with van der Waals surface area (Å²) in [5.41, 5.74) is 8.48. The zero-order valence-electron chi connectivity index (χ0n) is 18.6. The van der Waals surface area contributed by atoms with Crippen molar-refractivity contribution in [3.8, 4) is 11.1 Å². The first-order valence-corrected chi connectivity index (χ1v) is 11.1. The molecule has 162 valence electrons. The van der Waals surface area contributed by atoms with Crippen molar-refractivity contribution in [2.45, 2.75) is 39.7 Å². The Balaban J connectivity index is 1.67. The van der Waals surface area contributed by atoms with Gasteiger partial charge in [-0.2, -0.15) is 0 Å². The Labute approximate surface area is 187 Å². The lowest BCUT2D eigenvalue weighted by atomic mass is 9.96. The van der Waals surface area contributed by atoms with Crippen LogP contribution in [0.1, 0.15) is 46.0 Å². The van der Waals surface area contributed by atoms with E-state index in [1.807, 2.05) is 57.2 Å². The van der Waals surface area contributed by atoms with E-state index < -0.39 is 6.09 Å². The highest BCUT2D eigenvalue weighted by Crippen LogP contribution is 2.42. The van der Waals surface area contributed by atoms with Crippen molar-refractivity contribution in [1.29, 1.82) is 0 Å². The molecule has 0 saturated heterocycles. The Hall–Kier alpha value is -3.60. The third kappa shape index (κ3) is 3.00. The van der Waals surface area contributed by atoms with Gasteiger partial charge in [0.1, 0.15) is 0 Å². The van der Waals surface area contributed by atoms with Crippen molar-refractivity contribution in [2.75, 3.05) is 16.3 Å². The molecule has 32 heavy (non-hydrogen) atoms. The van der Waals surface area contributed by atoms with Gasteiger partial charge >= 0.3 is 6.09 Å². The SMILES string of the molecule is CCC1CN(C(=O)c2cccc3c2-c2ccccc2C3)c2cc(C)c(C)cc2N1C(=O)O. The maximum atomic E-state index is 14.0. The molecule has 0 saturated carbocycles. The van der Waals surface area contributed by atoms with Gasteiger partial charge in [0.2, 0.25) is 0 Å². The third-order valence-corrected chi connectivity index (χ3v) is 6.87. The van der Waals surface area contributed by atoms with Crippen LogP contribution >= 0.6 is 0 Å². The first-order chi connectivity index (χ1) is 15.4. The summed E-state index contributed by atoms with van der Waals surface area (Å²) in [7, 11) is 0. The van der Waals surface area contributed by atoms with Gasteiger partial charge in [-0.1, -0.05) is 43.3 Å². The molecule has 3 aromatic rings. The molecule has 0 fully saturated rings. The lowest BCUT2D eigenvalue weighted by molar-refractivity contribution is 0.0983. The number of nitrogens with zero attached hydrogens (tertiary/aromatic N) is 2. The van der Waals surface area contributed by atoms with E-state index in [9.17, 15) is 14.7 Å². The van der Waals surface area contributed by atoms with Crippen LogP contribution in [0.5, 0.6) is 0 Å². The fourth-order valence-electron chi connectivity index (χ4n) is 5.06. The predicted molar refractivity (Wildman–Crippen MR) is 127 cm³/mol. The van der Waals surface area contributed by atoms with E-state index in [0.717, 1.165) is 34.2 Å². The van der Waals surface area contributed by atoms with Crippen molar-refractivity contribution in [3.05, 3.63) is 82.4 Å². The standard InChI is InChI=1S/C27H26N2O3/c1-4-20-15-28(23-12-16(2)17(3)13-24(23)29(20)27(31)32)26(30)22-11-7-9-19-14-18-8-5-6-10-21(18)25(19)22/h5-13,20H,4,14-15H2,1-3H3,(H,31,32). The summed E-state index contributed by atoms with van der Waals surface area (Å²) in [6.45, 7) is 6.26. The van der Waals surface area contributed by atoms with Gasteiger partial charge in [0, 0.05) is 12.1 Å². The molecule has 1 aliphatic heterocycles. The molecule has 1 heterocycles. The summed E-state index contributed by atoms with van der Waals surface area (Å²) in [4.78, 5) is 29.4. The van der Waals surface area contributed by atoms with E-state index in [-0.39, 0.29) is 11.9 Å². The number of anilines is 2. The number of rotatable bonds is 2. The summed E-state index contributed by atoms with van der Waals surface area (Å²) in [5.74, 6) is -0.0773. The number of carbonyl (C=O) groups excluding carboxylic acids is 1. The van der Waals surface area contributed by atoms with Gasteiger partial charge in [-0.25, -0.2) is 4.79 Å². The Morgan fingerprint density at radius 3 is 2.38 bits per heavy atom. The number of carboxylic acid groups (broad SMARTS) is 1. The fourth-order valence-corrected chi connectivity index (χ4v) is 5.06. The molecule has 5 rings (SSSR count). The van der Waals surface area contributed by atoms with E-state index in [4.69, 9.17) is 0 Å². The van der Waals surface area contributed by atoms with Gasteiger partial charge in [0.15, 0.2) is 0 Å². The maximum absolute atomic E-state index is 14.0. The average molecular weight is 427 g/mol. The van der Waals surface area contributed by atoms with Crippen molar-refractivity contribution in [2.24, 2.45) is 0 Å². The number of hydrogen-bond acceptors (Lipinski definition) is 2. The molecule has 0 bridgehead atoms. The molecular formula is C27H26N2O3. The van der Waals surface area contributed by atoms with Gasteiger partial charge in [0.05, 0.1) is 17.4 Å². The lowest BCUT2D eigenvalue weighted by Gasteiger charge is -2.41. The largest absolute Gasteiger partial charge is 0.465 e. The summed E-state index contributed by atoms with van der Waals surface area (Å²) < 4.78 is 0. The molecule has 0 radical (unpaired) electrons. The topological polar surface area (TPSA) is 60.9 Å². The van der Waals surface area contributed by atoms with Gasteiger partial charge in [-0.15, -0.1) is 0 Å². The monoisotopic (exact) mass is 426 g/mol. The third-order valence-electron chi connectivity index (χ3n) is 6.87. The van der Waals surface area contributed by atoms with Crippen LogP contribution in [0.15, 0.2) is 54.6 Å². The van der Waals surface area contributed by atoms with Crippen LogP contribution in [0, 0.1) is 13.8 Å². The molecule has 1 aliphatic carbocycles. The summed E-state index contributed by atoms with van der Waals surface area (Å²) in [6.07, 6.45) is 0.465. The smallest absolute Gasteiger partial charge is 0.412 e. The number of fused-ring (bicyclic) bond motifs is 4. The van der Waals surface area contributed by atoms with Gasteiger partial charge in [0.25, 0.3) is 5.91 Å². The summed E-state index contributed by atoms with van der Waals surface area (Å²) in [5, 5.41) is 9.95. The normalized spacial score (nSPS) is 16.4. The maximum Gasteiger partial charge on any atom is 0.412 e. The molecule has 1 N–H and O–H groups in total.